The number of primary amides is 1. The number of piperidine rings is 1. The molecule has 0 bridgehead atoms. The molecule has 1 fully saturated rings. The van der Waals surface area contributed by atoms with Crippen molar-refractivity contribution in [1.29, 1.82) is 0 Å². The Labute approximate surface area is 192 Å². The molecule has 32 heavy (non-hydrogen) atoms. The van der Waals surface area contributed by atoms with Crippen molar-refractivity contribution >= 4 is 23.6 Å². The summed E-state index contributed by atoms with van der Waals surface area (Å²) in [6.07, 6.45) is 1.54. The highest BCUT2D eigenvalue weighted by Gasteiger charge is 2.27. The Morgan fingerprint density at radius 1 is 1.03 bits per heavy atom. The van der Waals surface area contributed by atoms with Gasteiger partial charge in [0.1, 0.15) is 0 Å². The van der Waals surface area contributed by atoms with Crippen LogP contribution in [0.15, 0.2) is 53.7 Å². The summed E-state index contributed by atoms with van der Waals surface area (Å²) in [6.45, 7) is 5.14. The Balaban J connectivity index is 1.58. The topological polar surface area (TPSA) is 94.1 Å². The van der Waals surface area contributed by atoms with Crippen LogP contribution in [0.1, 0.15) is 24.0 Å². The molecule has 1 aliphatic heterocycles. The maximum Gasteiger partial charge on any atom is 0.233 e. The minimum Gasteiger partial charge on any atom is -0.369 e. The van der Waals surface area contributed by atoms with Gasteiger partial charge < -0.3 is 10.6 Å². The molecule has 2 heterocycles. The Morgan fingerprint density at radius 3 is 2.34 bits per heavy atom. The van der Waals surface area contributed by atoms with Crippen molar-refractivity contribution in [3.05, 3.63) is 59.7 Å². The van der Waals surface area contributed by atoms with Crippen molar-refractivity contribution in [3.8, 4) is 17.1 Å². The summed E-state index contributed by atoms with van der Waals surface area (Å²) in [5, 5.41) is 9.51. The highest BCUT2D eigenvalue weighted by molar-refractivity contribution is 7.99. The summed E-state index contributed by atoms with van der Waals surface area (Å²) in [6, 6.07) is 16.3. The number of amides is 2. The normalized spacial score (nSPS) is 16.2. The van der Waals surface area contributed by atoms with Gasteiger partial charge in [0, 0.05) is 24.3 Å². The zero-order chi connectivity index (χ0) is 22.7. The highest BCUT2D eigenvalue weighted by atomic mass is 32.2. The van der Waals surface area contributed by atoms with E-state index in [0.29, 0.717) is 18.2 Å². The predicted molar refractivity (Wildman–Crippen MR) is 125 cm³/mol. The molecule has 1 saturated heterocycles. The van der Waals surface area contributed by atoms with Crippen LogP contribution in [0.4, 0.5) is 0 Å². The van der Waals surface area contributed by atoms with Gasteiger partial charge in [0.2, 0.25) is 11.8 Å². The number of nitrogens with zero attached hydrogens (tertiary/aromatic N) is 4. The van der Waals surface area contributed by atoms with Crippen molar-refractivity contribution in [3.63, 3.8) is 0 Å². The van der Waals surface area contributed by atoms with Gasteiger partial charge in [-0.1, -0.05) is 59.3 Å². The van der Waals surface area contributed by atoms with Crippen molar-refractivity contribution in [2.75, 3.05) is 18.8 Å². The van der Waals surface area contributed by atoms with Crippen LogP contribution in [0.25, 0.3) is 17.1 Å². The third kappa shape index (κ3) is 4.85. The zero-order valence-electron chi connectivity index (χ0n) is 18.3. The minimum absolute atomic E-state index is 0.0173. The molecule has 2 N–H and O–H groups in total. The van der Waals surface area contributed by atoms with E-state index in [1.165, 1.54) is 17.3 Å². The molecule has 1 unspecified atom stereocenters. The minimum atomic E-state index is -0.336. The van der Waals surface area contributed by atoms with Crippen LogP contribution in [-0.4, -0.2) is 50.3 Å². The molecule has 0 saturated carbocycles. The standard InChI is InChI=1S/C24H27N5O2S/c1-16-5-9-18(10-6-16)23-26-27-24(29(23)20-11-7-17(2)8-12-20)32-15-21(30)28-13-3-4-19(14-28)22(25)31/h5-12,19H,3-4,13-15H2,1-2H3,(H2,25,31). The Hall–Kier alpha value is -3.13. The predicted octanol–water partition coefficient (Wildman–Crippen LogP) is 3.37. The molecule has 0 spiro atoms. The first-order valence-electron chi connectivity index (χ1n) is 10.7. The number of benzene rings is 2. The number of carbonyl (C=O) groups is 2. The average Bonchev–Trinajstić information content (AvgIpc) is 3.22. The lowest BCUT2D eigenvalue weighted by molar-refractivity contribution is -0.132. The number of likely N-dealkylation sites (tertiary alicyclic amines) is 1. The molecule has 7 nitrogen and oxygen atoms in total. The maximum absolute atomic E-state index is 12.8. The lowest BCUT2D eigenvalue weighted by Gasteiger charge is -2.31. The van der Waals surface area contributed by atoms with Gasteiger partial charge in [0.25, 0.3) is 0 Å². The molecule has 4 rings (SSSR count). The van der Waals surface area contributed by atoms with Gasteiger partial charge in [-0.05, 0) is 38.8 Å². The first-order valence-corrected chi connectivity index (χ1v) is 11.7. The molecule has 1 aromatic heterocycles. The second-order valence-corrected chi connectivity index (χ2v) is 9.16. The van der Waals surface area contributed by atoms with Crippen LogP contribution in [0.5, 0.6) is 0 Å². The van der Waals surface area contributed by atoms with Crippen LogP contribution in [0.3, 0.4) is 0 Å². The van der Waals surface area contributed by atoms with Crippen molar-refractivity contribution < 1.29 is 9.59 Å². The lowest BCUT2D eigenvalue weighted by atomic mass is 9.97. The summed E-state index contributed by atoms with van der Waals surface area (Å²) in [7, 11) is 0. The number of rotatable bonds is 6. The van der Waals surface area contributed by atoms with Crippen LogP contribution < -0.4 is 5.73 Å². The van der Waals surface area contributed by atoms with Crippen molar-refractivity contribution in [1.82, 2.24) is 19.7 Å². The largest absolute Gasteiger partial charge is 0.369 e. The summed E-state index contributed by atoms with van der Waals surface area (Å²) in [5.74, 6) is 0.342. The highest BCUT2D eigenvalue weighted by Crippen LogP contribution is 2.29. The summed E-state index contributed by atoms with van der Waals surface area (Å²) in [4.78, 5) is 26.1. The van der Waals surface area contributed by atoms with E-state index in [9.17, 15) is 9.59 Å². The molecule has 3 aromatic rings. The Bertz CT molecular complexity index is 1110. The maximum atomic E-state index is 12.8. The summed E-state index contributed by atoms with van der Waals surface area (Å²) < 4.78 is 1.99. The van der Waals surface area contributed by atoms with Crippen LogP contribution in [0.2, 0.25) is 0 Å². The second-order valence-electron chi connectivity index (χ2n) is 8.21. The molecule has 2 aromatic carbocycles. The molecule has 0 aliphatic carbocycles. The number of aryl methyl sites for hydroxylation is 2. The fraction of sp³-hybridized carbons (Fsp3) is 0.333. The third-order valence-corrected chi connectivity index (χ3v) is 6.65. The zero-order valence-corrected chi connectivity index (χ0v) is 19.1. The fourth-order valence-corrected chi connectivity index (χ4v) is 4.69. The Morgan fingerprint density at radius 2 is 1.69 bits per heavy atom. The first-order chi connectivity index (χ1) is 15.4. The quantitative estimate of drug-likeness (QED) is 0.583. The van der Waals surface area contributed by atoms with E-state index >= 15 is 0 Å². The van der Waals surface area contributed by atoms with Crippen LogP contribution >= 0.6 is 11.8 Å². The summed E-state index contributed by atoms with van der Waals surface area (Å²) >= 11 is 1.36. The van der Waals surface area contributed by atoms with E-state index in [0.717, 1.165) is 35.5 Å². The third-order valence-electron chi connectivity index (χ3n) is 5.74. The Kier molecular flexibility index (Phi) is 6.60. The molecular formula is C24H27N5O2S. The molecule has 166 valence electrons. The number of nitrogens with two attached hydrogens (primary N) is 1. The smallest absolute Gasteiger partial charge is 0.233 e. The van der Waals surface area contributed by atoms with Gasteiger partial charge in [0.05, 0.1) is 11.7 Å². The van der Waals surface area contributed by atoms with Crippen molar-refractivity contribution in [2.45, 2.75) is 31.8 Å². The monoisotopic (exact) mass is 449 g/mol. The molecule has 1 atom stereocenters. The van der Waals surface area contributed by atoms with E-state index < -0.39 is 0 Å². The van der Waals surface area contributed by atoms with E-state index in [1.807, 2.05) is 66.9 Å². The van der Waals surface area contributed by atoms with Gasteiger partial charge in [-0.25, -0.2) is 0 Å². The molecular weight excluding hydrogens is 422 g/mol. The number of hydrogen-bond donors (Lipinski definition) is 1. The molecule has 0 radical (unpaired) electrons. The molecule has 1 aliphatic rings. The number of carbonyl (C=O) groups excluding carboxylic acids is 2. The number of thioether (sulfide) groups is 1. The van der Waals surface area contributed by atoms with E-state index in [4.69, 9.17) is 5.73 Å². The number of aromatic nitrogens is 3. The van der Waals surface area contributed by atoms with Gasteiger partial charge in [-0.3, -0.25) is 14.2 Å². The second kappa shape index (κ2) is 9.56. The van der Waals surface area contributed by atoms with Gasteiger partial charge in [0.15, 0.2) is 11.0 Å². The van der Waals surface area contributed by atoms with E-state index in [1.54, 1.807) is 4.90 Å². The summed E-state index contributed by atoms with van der Waals surface area (Å²) in [5.41, 5.74) is 9.69. The molecule has 2 amide bonds. The van der Waals surface area contributed by atoms with Crippen LogP contribution in [-0.2, 0) is 9.59 Å². The van der Waals surface area contributed by atoms with Crippen LogP contribution in [0, 0.1) is 19.8 Å². The molecule has 8 heteroatoms. The fourth-order valence-electron chi connectivity index (χ4n) is 3.83. The SMILES string of the molecule is Cc1ccc(-c2nnc(SCC(=O)N3CCCC(C(N)=O)C3)n2-c2ccc(C)cc2)cc1. The van der Waals surface area contributed by atoms with E-state index in [-0.39, 0.29) is 23.5 Å². The average molecular weight is 450 g/mol. The number of hydrogen-bond acceptors (Lipinski definition) is 5. The van der Waals surface area contributed by atoms with Gasteiger partial charge in [-0.2, -0.15) is 0 Å². The van der Waals surface area contributed by atoms with Gasteiger partial charge >= 0.3 is 0 Å². The first kappa shape index (κ1) is 22.1. The van der Waals surface area contributed by atoms with Crippen molar-refractivity contribution in [2.24, 2.45) is 11.7 Å². The van der Waals surface area contributed by atoms with E-state index in [2.05, 4.69) is 10.2 Å². The van der Waals surface area contributed by atoms with Gasteiger partial charge in [-0.15, -0.1) is 10.2 Å². The lowest BCUT2D eigenvalue weighted by Crippen LogP contribution is -2.44.